The number of benzene rings is 2. The van der Waals surface area contributed by atoms with Gasteiger partial charge in [-0.25, -0.2) is 4.98 Å². The molecule has 1 heterocycles. The number of halogens is 2. The maximum absolute atomic E-state index is 12.8. The molecule has 3 rings (SSSR count). The minimum absolute atomic E-state index is 0.211. The quantitative estimate of drug-likeness (QED) is 0.419. The van der Waals surface area contributed by atoms with E-state index in [1.165, 1.54) is 16.7 Å². The van der Waals surface area contributed by atoms with Gasteiger partial charge in [0, 0.05) is 10.7 Å². The molecule has 0 aliphatic carbocycles. The van der Waals surface area contributed by atoms with E-state index in [0.29, 0.717) is 16.4 Å². The Balaban J connectivity index is 1.70. The zero-order valence-electron chi connectivity index (χ0n) is 15.5. The van der Waals surface area contributed by atoms with Crippen LogP contribution in [0.3, 0.4) is 0 Å². The third-order valence-electron chi connectivity index (χ3n) is 4.06. The van der Waals surface area contributed by atoms with Crippen molar-refractivity contribution in [2.75, 3.05) is 5.32 Å². The number of hydrogen-bond donors (Lipinski definition) is 3. The van der Waals surface area contributed by atoms with Crippen LogP contribution in [0.4, 0.5) is 5.69 Å². The summed E-state index contributed by atoms with van der Waals surface area (Å²) in [5.41, 5.74) is 6.86. The number of carbonyl (C=O) groups excluding carboxylic acids is 1. The van der Waals surface area contributed by atoms with E-state index in [9.17, 15) is 9.59 Å². The molecule has 0 saturated carbocycles. The van der Waals surface area contributed by atoms with E-state index in [2.05, 4.69) is 21.2 Å². The number of carbonyl (C=O) groups is 1. The molecule has 0 fully saturated rings. The van der Waals surface area contributed by atoms with Gasteiger partial charge in [-0.15, -0.1) is 0 Å². The number of aromatic nitrogens is 2. The number of nitrogens with one attached hydrogen (secondary N) is 3. The van der Waals surface area contributed by atoms with Gasteiger partial charge in [-0.2, -0.15) is 0 Å². The molecule has 3 N–H and O–H groups in total. The van der Waals surface area contributed by atoms with Gasteiger partial charge in [-0.1, -0.05) is 35.3 Å². The molecule has 29 heavy (non-hydrogen) atoms. The highest BCUT2D eigenvalue weighted by Crippen LogP contribution is 2.24. The zero-order valence-corrected chi connectivity index (χ0v) is 17.9. The third kappa shape index (κ3) is 5.03. The number of anilines is 1. The van der Waals surface area contributed by atoms with Crippen molar-refractivity contribution in [1.82, 2.24) is 20.4 Å². The molecule has 0 saturated heterocycles. The summed E-state index contributed by atoms with van der Waals surface area (Å²) in [7, 11) is 0. The van der Waals surface area contributed by atoms with E-state index >= 15 is 0 Å². The molecule has 0 spiro atoms. The number of fused-ring (bicyclic) bond motifs is 1. The highest BCUT2D eigenvalue weighted by Gasteiger charge is 2.14. The van der Waals surface area contributed by atoms with Crippen LogP contribution in [0.25, 0.3) is 10.9 Å². The van der Waals surface area contributed by atoms with Crippen LogP contribution < -0.4 is 21.7 Å². The van der Waals surface area contributed by atoms with Crippen molar-refractivity contribution in [3.8, 4) is 0 Å². The molecule has 0 aliphatic rings. The molecule has 150 valence electrons. The second-order valence-corrected chi connectivity index (χ2v) is 7.58. The maximum atomic E-state index is 12.8. The van der Waals surface area contributed by atoms with Crippen molar-refractivity contribution >= 4 is 63.0 Å². The van der Waals surface area contributed by atoms with Gasteiger partial charge in [0.2, 0.25) is 0 Å². The van der Waals surface area contributed by atoms with Crippen LogP contribution in [0.15, 0.2) is 41.2 Å². The van der Waals surface area contributed by atoms with E-state index in [4.69, 9.17) is 35.4 Å². The first-order valence-corrected chi connectivity index (χ1v) is 9.69. The molecule has 0 radical (unpaired) electrons. The molecule has 0 atom stereocenters. The Bertz CT molecular complexity index is 1180. The van der Waals surface area contributed by atoms with E-state index in [1.807, 2.05) is 31.2 Å². The monoisotopic (exact) mass is 449 g/mol. The van der Waals surface area contributed by atoms with Crippen molar-refractivity contribution in [1.29, 1.82) is 0 Å². The SMILES string of the molecule is Cc1cccc(NC(=S)NNC(=O)Cn2c(C)nc3c(Cl)cc(Cl)cc3c2=O)c1. The molecular weight excluding hydrogens is 433 g/mol. The van der Waals surface area contributed by atoms with Gasteiger partial charge in [0.1, 0.15) is 12.4 Å². The summed E-state index contributed by atoms with van der Waals surface area (Å²) in [5, 5.41) is 4.00. The standard InChI is InChI=1S/C19H17Cl2N5O2S/c1-10-4-3-5-13(6-10)23-19(29)25-24-16(27)9-26-11(2)22-17-14(18(26)28)7-12(20)8-15(17)21/h3-8H,9H2,1-2H3,(H,24,27)(H2,23,25,29). The number of hydrogen-bond acceptors (Lipinski definition) is 4. The summed E-state index contributed by atoms with van der Waals surface area (Å²) in [5.74, 6) is -0.125. The molecule has 0 aliphatic heterocycles. The number of aryl methyl sites for hydroxylation is 2. The van der Waals surface area contributed by atoms with Gasteiger partial charge in [0.05, 0.1) is 15.9 Å². The predicted molar refractivity (Wildman–Crippen MR) is 119 cm³/mol. The first-order valence-electron chi connectivity index (χ1n) is 8.53. The Kier molecular flexibility index (Phi) is 6.36. The van der Waals surface area contributed by atoms with Crippen molar-refractivity contribution in [3.05, 3.63) is 68.2 Å². The van der Waals surface area contributed by atoms with Gasteiger partial charge in [0.25, 0.3) is 11.5 Å². The van der Waals surface area contributed by atoms with Crippen LogP contribution in [0.2, 0.25) is 10.0 Å². The lowest BCUT2D eigenvalue weighted by Gasteiger charge is -2.14. The summed E-state index contributed by atoms with van der Waals surface area (Å²) in [6.07, 6.45) is 0. The number of amides is 1. The van der Waals surface area contributed by atoms with Crippen LogP contribution in [0, 0.1) is 13.8 Å². The largest absolute Gasteiger partial charge is 0.331 e. The van der Waals surface area contributed by atoms with Crippen LogP contribution in [-0.4, -0.2) is 20.6 Å². The Morgan fingerprint density at radius 2 is 1.93 bits per heavy atom. The van der Waals surface area contributed by atoms with Crippen LogP contribution in [0.1, 0.15) is 11.4 Å². The lowest BCUT2D eigenvalue weighted by molar-refractivity contribution is -0.122. The average Bonchev–Trinajstić information content (AvgIpc) is 2.64. The summed E-state index contributed by atoms with van der Waals surface area (Å²) in [6, 6.07) is 10.6. The summed E-state index contributed by atoms with van der Waals surface area (Å²) < 4.78 is 1.24. The molecular formula is C19H17Cl2N5O2S. The van der Waals surface area contributed by atoms with Gasteiger partial charge >= 0.3 is 0 Å². The van der Waals surface area contributed by atoms with Crippen LogP contribution >= 0.6 is 35.4 Å². The van der Waals surface area contributed by atoms with Gasteiger partial charge in [-0.3, -0.25) is 25.0 Å². The van der Waals surface area contributed by atoms with E-state index in [1.54, 1.807) is 6.92 Å². The van der Waals surface area contributed by atoms with Crippen molar-refractivity contribution < 1.29 is 4.79 Å². The summed E-state index contributed by atoms with van der Waals surface area (Å²) >= 11 is 17.3. The molecule has 0 unspecified atom stereocenters. The lowest BCUT2D eigenvalue weighted by Crippen LogP contribution is -2.46. The smallest absolute Gasteiger partial charge is 0.261 e. The second-order valence-electron chi connectivity index (χ2n) is 6.33. The van der Waals surface area contributed by atoms with Gasteiger partial charge < -0.3 is 5.32 Å². The molecule has 7 nitrogen and oxygen atoms in total. The minimum Gasteiger partial charge on any atom is -0.331 e. The highest BCUT2D eigenvalue weighted by molar-refractivity contribution is 7.80. The fourth-order valence-electron chi connectivity index (χ4n) is 2.74. The van der Waals surface area contributed by atoms with Gasteiger partial charge in [-0.05, 0) is 55.9 Å². The van der Waals surface area contributed by atoms with E-state index in [-0.39, 0.29) is 22.1 Å². The molecule has 10 heteroatoms. The second kappa shape index (κ2) is 8.77. The van der Waals surface area contributed by atoms with Gasteiger partial charge in [0.15, 0.2) is 5.11 Å². The van der Waals surface area contributed by atoms with Crippen molar-refractivity contribution in [2.24, 2.45) is 0 Å². The Morgan fingerprint density at radius 1 is 1.17 bits per heavy atom. The van der Waals surface area contributed by atoms with Crippen molar-refractivity contribution in [2.45, 2.75) is 20.4 Å². The Labute approximate surface area is 182 Å². The third-order valence-corrected chi connectivity index (χ3v) is 4.77. The lowest BCUT2D eigenvalue weighted by atomic mass is 10.2. The number of nitrogens with zero attached hydrogens (tertiary/aromatic N) is 2. The molecule has 2 aromatic carbocycles. The fraction of sp³-hybridized carbons (Fsp3) is 0.158. The predicted octanol–water partition coefficient (Wildman–Crippen LogP) is 3.34. The molecule has 0 bridgehead atoms. The average molecular weight is 450 g/mol. The zero-order chi connectivity index (χ0) is 21.1. The minimum atomic E-state index is -0.474. The molecule has 1 aromatic heterocycles. The molecule has 3 aromatic rings. The Hall–Kier alpha value is -2.68. The maximum Gasteiger partial charge on any atom is 0.261 e. The number of thiocarbonyl (C=S) groups is 1. The fourth-order valence-corrected chi connectivity index (χ4v) is 3.44. The summed E-state index contributed by atoms with van der Waals surface area (Å²) in [4.78, 5) is 29.4. The molecule has 1 amide bonds. The topological polar surface area (TPSA) is 88.0 Å². The highest BCUT2D eigenvalue weighted by atomic mass is 35.5. The first-order chi connectivity index (χ1) is 13.7. The van der Waals surface area contributed by atoms with Crippen LogP contribution in [0.5, 0.6) is 0 Å². The summed E-state index contributed by atoms with van der Waals surface area (Å²) in [6.45, 7) is 3.33. The number of hydrazine groups is 1. The van der Waals surface area contributed by atoms with E-state index in [0.717, 1.165) is 11.3 Å². The van der Waals surface area contributed by atoms with Crippen molar-refractivity contribution in [3.63, 3.8) is 0 Å². The van der Waals surface area contributed by atoms with E-state index < -0.39 is 11.5 Å². The first kappa shape index (κ1) is 21.0. The van der Waals surface area contributed by atoms with Crippen LogP contribution in [-0.2, 0) is 11.3 Å². The Morgan fingerprint density at radius 3 is 2.66 bits per heavy atom. The normalized spacial score (nSPS) is 10.6. The number of rotatable bonds is 3.